The minimum absolute atomic E-state index is 0.123. The Morgan fingerprint density at radius 3 is 2.79 bits per heavy atom. The van der Waals surface area contributed by atoms with Crippen LogP contribution in [0.15, 0.2) is 34.0 Å². The lowest BCUT2D eigenvalue weighted by atomic mass is 10.0. The Balaban J connectivity index is 1.31. The third-order valence-corrected chi connectivity index (χ3v) is 5.74. The second kappa shape index (κ2) is 8.69. The van der Waals surface area contributed by atoms with Crippen molar-refractivity contribution in [2.24, 2.45) is 0 Å². The van der Waals surface area contributed by atoms with Gasteiger partial charge in [0.25, 0.3) is 0 Å². The molecule has 2 aromatic heterocycles. The van der Waals surface area contributed by atoms with Crippen molar-refractivity contribution in [3.63, 3.8) is 0 Å². The SMILES string of the molecule is O=C(CSc1nc(Cl)cc(N2CCC3(CC2)OCCO3)n1)NCc1ccco1. The lowest BCUT2D eigenvalue weighted by molar-refractivity contribution is -0.169. The van der Waals surface area contributed by atoms with Gasteiger partial charge in [-0.1, -0.05) is 23.4 Å². The third kappa shape index (κ3) is 4.78. The van der Waals surface area contributed by atoms with Gasteiger partial charge in [0.2, 0.25) is 5.91 Å². The Bertz CT molecular complexity index is 804. The molecule has 0 bridgehead atoms. The zero-order chi connectivity index (χ0) is 19.4. The highest BCUT2D eigenvalue weighted by molar-refractivity contribution is 7.99. The summed E-state index contributed by atoms with van der Waals surface area (Å²) in [4.78, 5) is 23.0. The molecule has 8 nitrogen and oxygen atoms in total. The average molecular weight is 425 g/mol. The minimum Gasteiger partial charge on any atom is -0.467 e. The first kappa shape index (κ1) is 19.5. The fourth-order valence-electron chi connectivity index (χ4n) is 3.25. The van der Waals surface area contributed by atoms with Crippen molar-refractivity contribution in [1.29, 1.82) is 0 Å². The molecule has 0 saturated carbocycles. The molecule has 0 radical (unpaired) electrons. The van der Waals surface area contributed by atoms with Gasteiger partial charge in [-0.15, -0.1) is 0 Å². The Morgan fingerprint density at radius 1 is 1.29 bits per heavy atom. The lowest BCUT2D eigenvalue weighted by Gasteiger charge is -2.38. The maximum Gasteiger partial charge on any atom is 0.230 e. The van der Waals surface area contributed by atoms with Gasteiger partial charge in [0.1, 0.15) is 16.7 Å². The molecule has 2 aliphatic rings. The summed E-state index contributed by atoms with van der Waals surface area (Å²) in [6, 6.07) is 5.34. The summed E-state index contributed by atoms with van der Waals surface area (Å²) in [6.07, 6.45) is 3.14. The first-order valence-electron chi connectivity index (χ1n) is 9.11. The minimum atomic E-state index is -0.434. The fraction of sp³-hybridized carbons (Fsp3) is 0.500. The number of carbonyl (C=O) groups is 1. The zero-order valence-corrected chi connectivity index (χ0v) is 16.8. The van der Waals surface area contributed by atoms with Crippen molar-refractivity contribution >= 4 is 35.1 Å². The number of nitrogens with zero attached hydrogens (tertiary/aromatic N) is 3. The predicted molar refractivity (Wildman–Crippen MR) is 104 cm³/mol. The maximum atomic E-state index is 12.0. The van der Waals surface area contributed by atoms with Crippen LogP contribution in [0.25, 0.3) is 0 Å². The largest absolute Gasteiger partial charge is 0.467 e. The Morgan fingerprint density at radius 2 is 2.07 bits per heavy atom. The van der Waals surface area contributed by atoms with E-state index in [0.29, 0.717) is 35.8 Å². The highest BCUT2D eigenvalue weighted by atomic mass is 35.5. The van der Waals surface area contributed by atoms with E-state index in [9.17, 15) is 4.79 Å². The maximum absolute atomic E-state index is 12.0. The number of carbonyl (C=O) groups excluding carboxylic acids is 1. The molecule has 4 rings (SSSR count). The quantitative estimate of drug-likeness (QED) is 0.429. The van der Waals surface area contributed by atoms with Gasteiger partial charge in [0.15, 0.2) is 10.9 Å². The summed E-state index contributed by atoms with van der Waals surface area (Å²) in [5, 5.41) is 3.63. The van der Waals surface area contributed by atoms with Gasteiger partial charge in [-0.3, -0.25) is 4.79 Å². The van der Waals surface area contributed by atoms with Gasteiger partial charge in [-0.05, 0) is 12.1 Å². The van der Waals surface area contributed by atoms with E-state index in [1.54, 1.807) is 18.4 Å². The molecule has 0 unspecified atom stereocenters. The molecule has 2 saturated heterocycles. The molecular weight excluding hydrogens is 404 g/mol. The van der Waals surface area contributed by atoms with Crippen LogP contribution in [0.3, 0.4) is 0 Å². The number of nitrogens with one attached hydrogen (secondary N) is 1. The van der Waals surface area contributed by atoms with E-state index in [4.69, 9.17) is 25.5 Å². The number of halogens is 1. The van der Waals surface area contributed by atoms with Crippen molar-refractivity contribution in [2.75, 3.05) is 37.0 Å². The van der Waals surface area contributed by atoms with Gasteiger partial charge < -0.3 is 24.1 Å². The van der Waals surface area contributed by atoms with Crippen molar-refractivity contribution < 1.29 is 18.7 Å². The molecule has 4 heterocycles. The molecule has 2 aliphatic heterocycles. The van der Waals surface area contributed by atoms with Gasteiger partial charge in [0.05, 0.1) is 31.8 Å². The number of ether oxygens (including phenoxy) is 2. The zero-order valence-electron chi connectivity index (χ0n) is 15.2. The van der Waals surface area contributed by atoms with Crippen LogP contribution in [0, 0.1) is 0 Å². The fourth-order valence-corrected chi connectivity index (χ4v) is 4.17. The number of amides is 1. The average Bonchev–Trinajstić information content (AvgIpc) is 3.37. The number of rotatable bonds is 6. The molecule has 0 atom stereocenters. The smallest absolute Gasteiger partial charge is 0.230 e. The second-order valence-corrected chi connectivity index (χ2v) is 7.90. The molecule has 150 valence electrons. The predicted octanol–water partition coefficient (Wildman–Crippen LogP) is 2.47. The molecule has 1 N–H and O–H groups in total. The van der Waals surface area contributed by atoms with Crippen LogP contribution in [-0.2, 0) is 20.8 Å². The Kier molecular flexibility index (Phi) is 6.05. The topological polar surface area (TPSA) is 89.7 Å². The molecule has 0 aliphatic carbocycles. The first-order valence-corrected chi connectivity index (χ1v) is 10.5. The van der Waals surface area contributed by atoms with Gasteiger partial charge >= 0.3 is 0 Å². The van der Waals surface area contributed by atoms with Crippen LogP contribution >= 0.6 is 23.4 Å². The van der Waals surface area contributed by atoms with E-state index in [-0.39, 0.29) is 11.7 Å². The number of hydrogen-bond acceptors (Lipinski definition) is 8. The molecule has 10 heteroatoms. The van der Waals surface area contributed by atoms with Crippen LogP contribution < -0.4 is 10.2 Å². The molecule has 2 fully saturated rings. The summed E-state index contributed by atoms with van der Waals surface area (Å²) >= 11 is 7.43. The standard InChI is InChI=1S/C18H21ClN4O4S/c19-14-10-15(23-5-3-18(4-6-23)26-8-9-27-18)22-17(21-14)28-12-16(24)20-11-13-2-1-7-25-13/h1-2,7,10H,3-6,8-9,11-12H2,(H,20,24). The van der Waals surface area contributed by atoms with Crippen molar-refractivity contribution in [2.45, 2.75) is 30.3 Å². The Hall–Kier alpha value is -1.81. The number of aromatic nitrogens is 2. The molecule has 0 aromatic carbocycles. The summed E-state index contributed by atoms with van der Waals surface area (Å²) in [7, 11) is 0. The van der Waals surface area contributed by atoms with Crippen LogP contribution in [0.1, 0.15) is 18.6 Å². The summed E-state index contributed by atoms with van der Waals surface area (Å²) in [5.74, 6) is 1.11. The highest BCUT2D eigenvalue weighted by Crippen LogP contribution is 2.33. The lowest BCUT2D eigenvalue weighted by Crippen LogP contribution is -2.45. The van der Waals surface area contributed by atoms with E-state index >= 15 is 0 Å². The molecule has 1 spiro atoms. The number of furan rings is 1. The van der Waals surface area contributed by atoms with Gasteiger partial charge in [0, 0.05) is 32.0 Å². The highest BCUT2D eigenvalue weighted by Gasteiger charge is 2.40. The van der Waals surface area contributed by atoms with E-state index in [2.05, 4.69) is 20.2 Å². The summed E-state index contributed by atoms with van der Waals surface area (Å²) in [6.45, 7) is 3.19. The van der Waals surface area contributed by atoms with Crippen molar-refractivity contribution in [3.8, 4) is 0 Å². The van der Waals surface area contributed by atoms with E-state index in [1.807, 2.05) is 6.07 Å². The van der Waals surface area contributed by atoms with E-state index in [1.165, 1.54) is 11.8 Å². The van der Waals surface area contributed by atoms with Gasteiger partial charge in [-0.2, -0.15) is 0 Å². The van der Waals surface area contributed by atoms with Crippen LogP contribution in [0.4, 0.5) is 5.82 Å². The molecule has 28 heavy (non-hydrogen) atoms. The molecule has 2 aromatic rings. The number of anilines is 1. The normalized spacial score (nSPS) is 18.5. The van der Waals surface area contributed by atoms with E-state index < -0.39 is 5.79 Å². The summed E-state index contributed by atoms with van der Waals surface area (Å²) in [5.41, 5.74) is 0. The van der Waals surface area contributed by atoms with E-state index in [0.717, 1.165) is 31.7 Å². The van der Waals surface area contributed by atoms with Crippen LogP contribution in [-0.4, -0.2) is 53.7 Å². The number of piperidine rings is 1. The summed E-state index contributed by atoms with van der Waals surface area (Å²) < 4.78 is 16.7. The number of thioether (sulfide) groups is 1. The molecular formula is C18H21ClN4O4S. The van der Waals surface area contributed by atoms with Crippen LogP contribution in [0.2, 0.25) is 5.15 Å². The second-order valence-electron chi connectivity index (χ2n) is 6.57. The van der Waals surface area contributed by atoms with Crippen molar-refractivity contribution in [3.05, 3.63) is 35.4 Å². The van der Waals surface area contributed by atoms with Crippen LogP contribution in [0.5, 0.6) is 0 Å². The van der Waals surface area contributed by atoms with Crippen molar-refractivity contribution in [1.82, 2.24) is 15.3 Å². The monoisotopic (exact) mass is 424 g/mol. The third-order valence-electron chi connectivity index (χ3n) is 4.70. The molecule has 1 amide bonds. The van der Waals surface area contributed by atoms with Gasteiger partial charge in [-0.25, -0.2) is 9.97 Å². The Labute approximate surface area is 171 Å². The first-order chi connectivity index (χ1) is 13.6. The number of hydrogen-bond donors (Lipinski definition) is 1.